The number of aryl methyl sites for hydroxylation is 1. The number of amides is 2. The van der Waals surface area contributed by atoms with Gasteiger partial charge in [0.05, 0.1) is 21.2 Å². The van der Waals surface area contributed by atoms with E-state index in [0.29, 0.717) is 15.9 Å². The van der Waals surface area contributed by atoms with Crippen molar-refractivity contribution in [3.8, 4) is 0 Å². The Labute approximate surface area is 288 Å². The van der Waals surface area contributed by atoms with E-state index in [2.05, 4.69) is 5.32 Å². The first-order valence-electron chi connectivity index (χ1n) is 15.1. The van der Waals surface area contributed by atoms with Crippen molar-refractivity contribution in [1.29, 1.82) is 0 Å². The number of hydrogen-bond donors (Lipinski definition) is 1. The number of nitrogens with one attached hydrogen (secondary N) is 1. The van der Waals surface area contributed by atoms with E-state index >= 15 is 0 Å². The summed E-state index contributed by atoms with van der Waals surface area (Å²) in [5, 5.41) is 2.82. The van der Waals surface area contributed by atoms with Crippen LogP contribution in [0.5, 0.6) is 0 Å². The minimum absolute atomic E-state index is 0.0839. The Kier molecular flexibility index (Phi) is 12.1. The van der Waals surface area contributed by atoms with E-state index in [1.54, 1.807) is 32.0 Å². The fourth-order valence-corrected chi connectivity index (χ4v) is 7.72. The maximum Gasteiger partial charge on any atom is 0.417 e. The summed E-state index contributed by atoms with van der Waals surface area (Å²) in [5.74, 6) is -1.29. The Balaban J connectivity index is 1.81. The summed E-state index contributed by atoms with van der Waals surface area (Å²) in [4.78, 5) is 29.0. The van der Waals surface area contributed by atoms with Crippen LogP contribution in [-0.4, -0.2) is 43.8 Å². The molecule has 1 fully saturated rings. The van der Waals surface area contributed by atoms with E-state index < -0.39 is 56.9 Å². The van der Waals surface area contributed by atoms with Crippen LogP contribution in [0.4, 0.5) is 18.9 Å². The first kappa shape index (κ1) is 36.8. The molecule has 0 aliphatic heterocycles. The minimum atomic E-state index is -4.91. The van der Waals surface area contributed by atoms with E-state index in [9.17, 15) is 31.2 Å². The van der Waals surface area contributed by atoms with Gasteiger partial charge in [0.2, 0.25) is 11.8 Å². The molecular weight excluding hydrogens is 698 g/mol. The zero-order valence-corrected chi connectivity index (χ0v) is 28.9. The molecule has 0 spiro atoms. The van der Waals surface area contributed by atoms with Gasteiger partial charge in [0, 0.05) is 28.2 Å². The molecule has 0 bridgehead atoms. The molecule has 7 nitrogen and oxygen atoms in total. The second kappa shape index (κ2) is 15.5. The van der Waals surface area contributed by atoms with Crippen molar-refractivity contribution < 1.29 is 31.2 Å². The first-order valence-corrected chi connectivity index (χ1v) is 17.7. The van der Waals surface area contributed by atoms with Crippen LogP contribution >= 0.6 is 34.8 Å². The van der Waals surface area contributed by atoms with Crippen LogP contribution in [0.15, 0.2) is 65.6 Å². The lowest BCUT2D eigenvalue weighted by atomic mass is 9.95. The van der Waals surface area contributed by atoms with Crippen molar-refractivity contribution in [2.45, 2.75) is 82.1 Å². The van der Waals surface area contributed by atoms with E-state index in [0.717, 1.165) is 49.8 Å². The predicted octanol–water partition coefficient (Wildman–Crippen LogP) is 8.43. The standard InChI is InChI=1S/C33H35Cl3F3N3O4S/c1-3-30(32(44)40-22-8-5-4-6-9-22)41(19-25-27(34)10-7-11-28(25)35)31(43)20-42(47(45,46)24-15-12-21(2)13-16-24)23-14-17-29(36)26(18-23)33(37,38)39/h7,10-18,22,30H,3-6,8-9,19-20H2,1-2H3,(H,40,44). The first-order chi connectivity index (χ1) is 22.1. The maximum absolute atomic E-state index is 14.3. The van der Waals surface area contributed by atoms with Crippen molar-refractivity contribution in [2.75, 3.05) is 10.8 Å². The van der Waals surface area contributed by atoms with Crippen LogP contribution in [0.2, 0.25) is 15.1 Å². The average molecular weight is 733 g/mol. The van der Waals surface area contributed by atoms with Crippen molar-refractivity contribution in [2.24, 2.45) is 0 Å². The maximum atomic E-state index is 14.3. The van der Waals surface area contributed by atoms with Crippen molar-refractivity contribution >= 4 is 62.3 Å². The molecule has 1 aliphatic rings. The predicted molar refractivity (Wildman–Crippen MR) is 178 cm³/mol. The van der Waals surface area contributed by atoms with Gasteiger partial charge in [-0.25, -0.2) is 8.42 Å². The Morgan fingerprint density at radius 2 is 1.55 bits per heavy atom. The van der Waals surface area contributed by atoms with Crippen LogP contribution in [-0.2, 0) is 32.3 Å². The van der Waals surface area contributed by atoms with Gasteiger partial charge in [0.15, 0.2) is 0 Å². The molecule has 1 N–H and O–H groups in total. The molecule has 14 heteroatoms. The van der Waals surface area contributed by atoms with Crippen LogP contribution in [0.1, 0.15) is 62.1 Å². The lowest BCUT2D eigenvalue weighted by Crippen LogP contribution is -2.54. The molecule has 3 aromatic rings. The van der Waals surface area contributed by atoms with Gasteiger partial charge < -0.3 is 10.2 Å². The van der Waals surface area contributed by atoms with Crippen LogP contribution in [0, 0.1) is 6.92 Å². The van der Waals surface area contributed by atoms with E-state index in [1.165, 1.54) is 29.2 Å². The topological polar surface area (TPSA) is 86.8 Å². The van der Waals surface area contributed by atoms with Gasteiger partial charge in [-0.15, -0.1) is 0 Å². The summed E-state index contributed by atoms with van der Waals surface area (Å²) < 4.78 is 70.4. The second-order valence-electron chi connectivity index (χ2n) is 11.5. The summed E-state index contributed by atoms with van der Waals surface area (Å²) in [6.07, 6.45) is -0.228. The Morgan fingerprint density at radius 3 is 2.13 bits per heavy atom. The van der Waals surface area contributed by atoms with Gasteiger partial charge >= 0.3 is 6.18 Å². The van der Waals surface area contributed by atoms with Gasteiger partial charge in [-0.05, 0) is 68.7 Å². The van der Waals surface area contributed by atoms with Gasteiger partial charge in [0.1, 0.15) is 12.6 Å². The monoisotopic (exact) mass is 731 g/mol. The fourth-order valence-electron chi connectivity index (χ4n) is 5.57. The third-order valence-electron chi connectivity index (χ3n) is 8.16. The molecule has 4 rings (SSSR count). The smallest absolute Gasteiger partial charge is 0.352 e. The average Bonchev–Trinajstić information content (AvgIpc) is 3.01. The highest BCUT2D eigenvalue weighted by molar-refractivity contribution is 7.92. The third kappa shape index (κ3) is 8.93. The zero-order chi connectivity index (χ0) is 34.5. The molecule has 1 saturated carbocycles. The normalized spacial score (nSPS) is 14.8. The molecule has 1 aliphatic carbocycles. The molecular formula is C33H35Cl3F3N3O4S. The van der Waals surface area contributed by atoms with Gasteiger partial charge in [-0.3, -0.25) is 13.9 Å². The van der Waals surface area contributed by atoms with Gasteiger partial charge in [-0.1, -0.05) is 84.8 Å². The Morgan fingerprint density at radius 1 is 0.936 bits per heavy atom. The molecule has 0 saturated heterocycles. The number of anilines is 1. The number of sulfonamides is 1. The number of rotatable bonds is 11. The number of carbonyl (C=O) groups is 2. The number of nitrogens with zero attached hydrogens (tertiary/aromatic N) is 2. The van der Waals surface area contributed by atoms with Gasteiger partial charge in [-0.2, -0.15) is 13.2 Å². The number of alkyl halides is 3. The SMILES string of the molecule is CCC(C(=O)NC1CCCCC1)N(Cc1c(Cl)cccc1Cl)C(=O)CN(c1ccc(Cl)c(C(F)(F)F)c1)S(=O)(=O)c1ccc(C)cc1. The third-order valence-corrected chi connectivity index (χ3v) is 11.0. The number of benzene rings is 3. The molecule has 0 radical (unpaired) electrons. The molecule has 1 unspecified atom stereocenters. The summed E-state index contributed by atoms with van der Waals surface area (Å²) in [5.41, 5.74) is -0.640. The zero-order valence-electron chi connectivity index (χ0n) is 25.8. The van der Waals surface area contributed by atoms with Crippen molar-refractivity contribution in [1.82, 2.24) is 10.2 Å². The molecule has 0 heterocycles. The van der Waals surface area contributed by atoms with Crippen molar-refractivity contribution in [3.05, 3.63) is 92.4 Å². The largest absolute Gasteiger partial charge is 0.417 e. The molecule has 1 atom stereocenters. The number of halogens is 6. The highest BCUT2D eigenvalue weighted by Gasteiger charge is 2.38. The Hall–Kier alpha value is -2.99. The fraction of sp³-hybridized carbons (Fsp3) is 0.394. The van der Waals surface area contributed by atoms with E-state index in [1.807, 2.05) is 0 Å². The number of carbonyl (C=O) groups excluding carboxylic acids is 2. The highest BCUT2D eigenvalue weighted by Crippen LogP contribution is 2.38. The minimum Gasteiger partial charge on any atom is -0.352 e. The van der Waals surface area contributed by atoms with Crippen molar-refractivity contribution in [3.63, 3.8) is 0 Å². The molecule has 0 aromatic heterocycles. The van der Waals surface area contributed by atoms with E-state index in [-0.39, 0.29) is 33.9 Å². The van der Waals surface area contributed by atoms with Crippen LogP contribution in [0.25, 0.3) is 0 Å². The quantitative estimate of drug-likeness (QED) is 0.215. The molecule has 47 heavy (non-hydrogen) atoms. The highest BCUT2D eigenvalue weighted by atomic mass is 35.5. The lowest BCUT2D eigenvalue weighted by molar-refractivity contribution is -0.140. The summed E-state index contributed by atoms with van der Waals surface area (Å²) in [6, 6.07) is 11.9. The number of hydrogen-bond acceptors (Lipinski definition) is 4. The summed E-state index contributed by atoms with van der Waals surface area (Å²) in [7, 11) is -4.62. The lowest BCUT2D eigenvalue weighted by Gasteiger charge is -2.35. The Bertz CT molecular complexity index is 1680. The van der Waals surface area contributed by atoms with Crippen LogP contribution < -0.4 is 9.62 Å². The second-order valence-corrected chi connectivity index (χ2v) is 14.6. The van der Waals surface area contributed by atoms with Crippen LogP contribution in [0.3, 0.4) is 0 Å². The summed E-state index contributed by atoms with van der Waals surface area (Å²) in [6.45, 7) is 2.24. The molecule has 3 aromatic carbocycles. The summed E-state index contributed by atoms with van der Waals surface area (Å²) >= 11 is 18.8. The molecule has 2 amide bonds. The van der Waals surface area contributed by atoms with E-state index in [4.69, 9.17) is 34.8 Å². The molecule has 254 valence electrons. The van der Waals surface area contributed by atoms with Gasteiger partial charge in [0.25, 0.3) is 10.0 Å².